The highest BCUT2D eigenvalue weighted by Gasteiger charge is 2.21. The third-order valence-electron chi connectivity index (χ3n) is 6.37. The molecule has 1 saturated carbocycles. The van der Waals surface area contributed by atoms with Gasteiger partial charge >= 0.3 is 0 Å². The van der Waals surface area contributed by atoms with Gasteiger partial charge in [-0.25, -0.2) is 0 Å². The van der Waals surface area contributed by atoms with E-state index in [0.29, 0.717) is 19.0 Å². The Morgan fingerprint density at radius 3 is 2.50 bits per heavy atom. The quantitative estimate of drug-likeness (QED) is 0.472. The van der Waals surface area contributed by atoms with Crippen LogP contribution < -0.4 is 20.1 Å². The number of hydrogen-bond donors (Lipinski definition) is 2. The Hall–Kier alpha value is -2.48. The zero-order valence-corrected chi connectivity index (χ0v) is 19.9. The maximum Gasteiger partial charge on any atom is 0.221 e. The number of carbonyl (C=O) groups excluding carboxylic acids is 1. The molecule has 1 amide bonds. The van der Waals surface area contributed by atoms with Crippen LogP contribution in [0.15, 0.2) is 23.2 Å². The van der Waals surface area contributed by atoms with Crippen LogP contribution in [0, 0.1) is 0 Å². The fraction of sp³-hybridized carbons (Fsp3) is 0.667. The van der Waals surface area contributed by atoms with Gasteiger partial charge in [-0.3, -0.25) is 14.7 Å². The van der Waals surface area contributed by atoms with E-state index >= 15 is 0 Å². The molecule has 8 heteroatoms. The number of guanidine groups is 1. The Morgan fingerprint density at radius 1 is 1.09 bits per heavy atom. The van der Waals surface area contributed by atoms with Crippen LogP contribution in [0.25, 0.3) is 0 Å². The molecule has 0 radical (unpaired) electrons. The van der Waals surface area contributed by atoms with Gasteiger partial charge in [0, 0.05) is 64.3 Å². The summed E-state index contributed by atoms with van der Waals surface area (Å²) in [6.45, 7) is 5.07. The first-order chi connectivity index (χ1) is 15.6. The van der Waals surface area contributed by atoms with Gasteiger partial charge < -0.3 is 25.0 Å². The number of nitrogens with zero attached hydrogens (tertiary/aromatic N) is 3. The Labute approximate surface area is 192 Å². The SMILES string of the molecule is CN=C(NCCC(=O)NC1CCCCC1)N1CCN(Cc2cc(OC)ccc2OC)CC1. The predicted molar refractivity (Wildman–Crippen MR) is 127 cm³/mol. The molecule has 0 spiro atoms. The van der Waals surface area contributed by atoms with Crippen molar-refractivity contribution in [2.45, 2.75) is 51.1 Å². The number of rotatable bonds is 8. The fourth-order valence-corrected chi connectivity index (χ4v) is 4.53. The van der Waals surface area contributed by atoms with Gasteiger partial charge in [-0.1, -0.05) is 19.3 Å². The van der Waals surface area contributed by atoms with E-state index in [-0.39, 0.29) is 5.91 Å². The van der Waals surface area contributed by atoms with E-state index in [4.69, 9.17) is 9.47 Å². The summed E-state index contributed by atoms with van der Waals surface area (Å²) in [5.41, 5.74) is 1.13. The van der Waals surface area contributed by atoms with E-state index in [2.05, 4.69) is 25.4 Å². The van der Waals surface area contributed by atoms with Crippen LogP contribution in [-0.2, 0) is 11.3 Å². The molecule has 1 heterocycles. The lowest BCUT2D eigenvalue weighted by atomic mass is 9.95. The van der Waals surface area contributed by atoms with Crippen LogP contribution in [0.4, 0.5) is 0 Å². The minimum absolute atomic E-state index is 0.136. The average Bonchev–Trinajstić information content (AvgIpc) is 2.83. The van der Waals surface area contributed by atoms with Gasteiger partial charge in [0.1, 0.15) is 11.5 Å². The number of methoxy groups -OCH3 is 2. The Balaban J connectivity index is 1.41. The van der Waals surface area contributed by atoms with Crippen molar-refractivity contribution in [2.24, 2.45) is 4.99 Å². The summed E-state index contributed by atoms with van der Waals surface area (Å²) in [5, 5.41) is 6.54. The Morgan fingerprint density at radius 2 is 1.84 bits per heavy atom. The second-order valence-corrected chi connectivity index (χ2v) is 8.57. The summed E-state index contributed by atoms with van der Waals surface area (Å²) in [7, 11) is 5.19. The summed E-state index contributed by atoms with van der Waals surface area (Å²) in [4.78, 5) is 21.3. The summed E-state index contributed by atoms with van der Waals surface area (Å²) in [5.74, 6) is 2.74. The number of ether oxygens (including phenoxy) is 2. The highest BCUT2D eigenvalue weighted by Crippen LogP contribution is 2.25. The lowest BCUT2D eigenvalue weighted by Crippen LogP contribution is -2.52. The van der Waals surface area contributed by atoms with Gasteiger partial charge in [-0.2, -0.15) is 0 Å². The summed E-state index contributed by atoms with van der Waals surface area (Å²) < 4.78 is 10.9. The molecular weight excluding hydrogens is 406 g/mol. The molecular formula is C24H39N5O3. The zero-order valence-electron chi connectivity index (χ0n) is 19.9. The topological polar surface area (TPSA) is 78.4 Å². The molecule has 1 saturated heterocycles. The summed E-state index contributed by atoms with van der Waals surface area (Å²) >= 11 is 0. The molecule has 2 fully saturated rings. The van der Waals surface area contributed by atoms with E-state index in [1.54, 1.807) is 21.3 Å². The normalized spacial score (nSPS) is 18.3. The number of benzene rings is 1. The Kier molecular flexibility index (Phi) is 9.46. The molecule has 2 N–H and O–H groups in total. The lowest BCUT2D eigenvalue weighted by Gasteiger charge is -2.36. The molecule has 0 aromatic heterocycles. The van der Waals surface area contributed by atoms with Crippen LogP contribution in [0.2, 0.25) is 0 Å². The van der Waals surface area contributed by atoms with Crippen molar-refractivity contribution in [1.29, 1.82) is 0 Å². The van der Waals surface area contributed by atoms with E-state index < -0.39 is 0 Å². The van der Waals surface area contributed by atoms with Gasteiger partial charge in [0.2, 0.25) is 5.91 Å². The van der Waals surface area contributed by atoms with Crippen molar-refractivity contribution in [3.63, 3.8) is 0 Å². The molecule has 0 unspecified atom stereocenters. The largest absolute Gasteiger partial charge is 0.497 e. The molecule has 32 heavy (non-hydrogen) atoms. The van der Waals surface area contributed by atoms with E-state index in [0.717, 1.165) is 68.6 Å². The molecule has 0 bridgehead atoms. The second-order valence-electron chi connectivity index (χ2n) is 8.57. The Bertz CT molecular complexity index is 756. The van der Waals surface area contributed by atoms with Crippen molar-refractivity contribution in [1.82, 2.24) is 20.4 Å². The van der Waals surface area contributed by atoms with Crippen molar-refractivity contribution in [3.8, 4) is 11.5 Å². The standard InChI is InChI=1S/C24H39N5O3/c1-25-24(26-12-11-23(30)27-20-7-5-4-6-8-20)29-15-13-28(14-16-29)18-19-17-21(31-2)9-10-22(19)32-3/h9-10,17,20H,4-8,11-16,18H2,1-3H3,(H,25,26)(H,27,30). The minimum Gasteiger partial charge on any atom is -0.497 e. The predicted octanol–water partition coefficient (Wildman–Crippen LogP) is 2.24. The lowest BCUT2D eigenvalue weighted by molar-refractivity contribution is -0.121. The highest BCUT2D eigenvalue weighted by molar-refractivity contribution is 5.81. The molecule has 3 rings (SSSR count). The second kappa shape index (κ2) is 12.5. The van der Waals surface area contributed by atoms with Gasteiger partial charge in [0.05, 0.1) is 14.2 Å². The third kappa shape index (κ3) is 7.02. The molecule has 178 valence electrons. The number of aliphatic imine (C=N–C) groups is 1. The maximum absolute atomic E-state index is 12.2. The van der Waals surface area contributed by atoms with Crippen LogP contribution in [-0.4, -0.2) is 81.7 Å². The van der Waals surface area contributed by atoms with Crippen molar-refractivity contribution >= 4 is 11.9 Å². The van der Waals surface area contributed by atoms with Gasteiger partial charge in [0.25, 0.3) is 0 Å². The molecule has 1 aliphatic carbocycles. The van der Waals surface area contributed by atoms with E-state index in [1.165, 1.54) is 19.3 Å². The molecule has 1 aromatic rings. The first-order valence-corrected chi connectivity index (χ1v) is 11.8. The van der Waals surface area contributed by atoms with Gasteiger partial charge in [0.15, 0.2) is 5.96 Å². The molecule has 1 aromatic carbocycles. The highest BCUT2D eigenvalue weighted by atomic mass is 16.5. The van der Waals surface area contributed by atoms with Gasteiger partial charge in [-0.15, -0.1) is 0 Å². The van der Waals surface area contributed by atoms with Crippen LogP contribution >= 0.6 is 0 Å². The molecule has 0 atom stereocenters. The summed E-state index contributed by atoms with van der Waals surface area (Å²) in [6, 6.07) is 6.29. The first-order valence-electron chi connectivity index (χ1n) is 11.8. The zero-order chi connectivity index (χ0) is 22.8. The maximum atomic E-state index is 12.2. The number of amides is 1. The molecule has 1 aliphatic heterocycles. The van der Waals surface area contributed by atoms with Crippen molar-refractivity contribution in [3.05, 3.63) is 23.8 Å². The average molecular weight is 446 g/mol. The minimum atomic E-state index is 0.136. The first kappa shape index (κ1) is 24.2. The van der Waals surface area contributed by atoms with Crippen LogP contribution in [0.1, 0.15) is 44.1 Å². The van der Waals surface area contributed by atoms with Crippen molar-refractivity contribution < 1.29 is 14.3 Å². The third-order valence-corrected chi connectivity index (χ3v) is 6.37. The van der Waals surface area contributed by atoms with Gasteiger partial charge in [-0.05, 0) is 31.0 Å². The monoisotopic (exact) mass is 445 g/mol. The number of piperazine rings is 1. The van der Waals surface area contributed by atoms with E-state index in [1.807, 2.05) is 18.2 Å². The van der Waals surface area contributed by atoms with Crippen molar-refractivity contribution in [2.75, 3.05) is 54.0 Å². The van der Waals surface area contributed by atoms with Crippen LogP contribution in [0.3, 0.4) is 0 Å². The fourth-order valence-electron chi connectivity index (χ4n) is 4.53. The summed E-state index contributed by atoms with van der Waals surface area (Å²) in [6.07, 6.45) is 6.47. The smallest absolute Gasteiger partial charge is 0.221 e. The molecule has 8 nitrogen and oxygen atoms in total. The number of carbonyl (C=O) groups is 1. The van der Waals surface area contributed by atoms with Crippen LogP contribution in [0.5, 0.6) is 11.5 Å². The van der Waals surface area contributed by atoms with E-state index in [9.17, 15) is 4.79 Å². The molecule has 2 aliphatic rings. The number of nitrogens with one attached hydrogen (secondary N) is 2. The number of hydrogen-bond acceptors (Lipinski definition) is 5.